The zero-order valence-electron chi connectivity index (χ0n) is 47.9. The van der Waals surface area contributed by atoms with Crippen molar-refractivity contribution in [3.05, 3.63) is 36.5 Å². The fraction of sp³-hybridized carbons (Fsp3) is 0.891. The number of aliphatic hydroxyl groups excluding tert-OH is 5. The van der Waals surface area contributed by atoms with E-state index in [0.717, 1.165) is 38.5 Å². The van der Waals surface area contributed by atoms with Gasteiger partial charge in [-0.15, -0.1) is 0 Å². The van der Waals surface area contributed by atoms with Crippen LogP contribution in [0.5, 0.6) is 0 Å². The number of hydrogen-bond donors (Lipinski definition) is 6. The minimum atomic E-state index is -1.57. The van der Waals surface area contributed by atoms with Crippen LogP contribution in [0.1, 0.15) is 309 Å². The van der Waals surface area contributed by atoms with Gasteiger partial charge in [-0.25, -0.2) is 0 Å². The third-order valence-electron chi connectivity index (χ3n) is 15.2. The molecule has 7 unspecified atom stereocenters. The van der Waals surface area contributed by atoms with E-state index in [-0.39, 0.29) is 12.5 Å². The van der Waals surface area contributed by atoms with Gasteiger partial charge in [-0.05, 0) is 57.8 Å². The van der Waals surface area contributed by atoms with E-state index in [9.17, 15) is 30.3 Å². The van der Waals surface area contributed by atoms with Crippen molar-refractivity contribution in [2.24, 2.45) is 0 Å². The lowest BCUT2D eigenvalue weighted by atomic mass is 9.99. The van der Waals surface area contributed by atoms with Crippen molar-refractivity contribution in [2.75, 3.05) is 13.2 Å². The summed E-state index contributed by atoms with van der Waals surface area (Å²) in [5.74, 6) is -0.184. The van der Waals surface area contributed by atoms with Gasteiger partial charge in [-0.1, -0.05) is 281 Å². The zero-order chi connectivity index (χ0) is 52.9. The molecule has 0 aromatic carbocycles. The summed E-state index contributed by atoms with van der Waals surface area (Å²) in [5, 5.41) is 54.6. The number of carbonyl (C=O) groups excluding carboxylic acids is 1. The van der Waals surface area contributed by atoms with Crippen LogP contribution in [-0.2, 0) is 14.3 Å². The Morgan fingerprint density at radius 1 is 0.452 bits per heavy atom. The number of amides is 1. The maximum absolute atomic E-state index is 13.1. The molecule has 0 spiro atoms. The average Bonchev–Trinajstić information content (AvgIpc) is 3.39. The maximum Gasteiger partial charge on any atom is 0.220 e. The number of unbranched alkanes of at least 4 members (excludes halogenated alkanes) is 41. The van der Waals surface area contributed by atoms with Crippen LogP contribution < -0.4 is 5.32 Å². The fourth-order valence-corrected chi connectivity index (χ4v) is 10.2. The van der Waals surface area contributed by atoms with E-state index in [2.05, 4.69) is 43.5 Å². The molecule has 0 saturated carbocycles. The van der Waals surface area contributed by atoms with Crippen LogP contribution in [0.25, 0.3) is 0 Å². The topological polar surface area (TPSA) is 149 Å². The van der Waals surface area contributed by atoms with Crippen LogP contribution in [-0.4, -0.2) is 87.5 Å². The van der Waals surface area contributed by atoms with E-state index >= 15 is 0 Å². The Labute approximate surface area is 451 Å². The van der Waals surface area contributed by atoms with Crippen molar-refractivity contribution in [3.8, 4) is 0 Å². The van der Waals surface area contributed by atoms with Crippen LogP contribution in [0.4, 0.5) is 0 Å². The highest BCUT2D eigenvalue weighted by molar-refractivity contribution is 5.76. The molecule has 9 nitrogen and oxygen atoms in total. The van der Waals surface area contributed by atoms with Crippen molar-refractivity contribution in [3.63, 3.8) is 0 Å². The maximum atomic E-state index is 13.1. The summed E-state index contributed by atoms with van der Waals surface area (Å²) in [6.45, 7) is 3.81. The van der Waals surface area contributed by atoms with Crippen molar-refractivity contribution >= 4 is 5.91 Å². The second-order valence-electron chi connectivity index (χ2n) is 22.2. The molecule has 7 atom stereocenters. The van der Waals surface area contributed by atoms with E-state index in [0.29, 0.717) is 6.42 Å². The summed E-state index contributed by atoms with van der Waals surface area (Å²) in [5.41, 5.74) is 0. The monoisotopic (exact) mass is 1030 g/mol. The Morgan fingerprint density at radius 3 is 1.15 bits per heavy atom. The number of nitrogens with one attached hydrogen (secondary N) is 1. The molecule has 73 heavy (non-hydrogen) atoms. The van der Waals surface area contributed by atoms with Gasteiger partial charge in [0, 0.05) is 6.42 Å². The van der Waals surface area contributed by atoms with E-state index in [1.165, 1.54) is 250 Å². The standard InChI is InChI=1S/C64H121NO8/c1-3-5-7-9-11-13-15-17-19-21-23-25-27-29-30-32-34-36-38-40-42-44-46-48-50-52-54-60(68)65-57(56-72-64-63(71)62(70)61(69)59(55-66)73-64)58(67)53-51-49-47-45-43-41-39-37-35-33-31-28-26-24-22-20-18-16-14-12-10-8-6-4-2/h29-30,43,45,51,53,57-59,61-64,66-67,69-71H,3-28,31-42,44,46-50,52,54-56H2,1-2H3,(H,65,68)/b30-29-,45-43+,53-51+. The van der Waals surface area contributed by atoms with E-state index in [4.69, 9.17) is 9.47 Å². The Balaban J connectivity index is 2.20. The van der Waals surface area contributed by atoms with Gasteiger partial charge in [0.2, 0.25) is 5.91 Å². The minimum absolute atomic E-state index is 0.184. The van der Waals surface area contributed by atoms with Gasteiger partial charge >= 0.3 is 0 Å². The predicted octanol–water partition coefficient (Wildman–Crippen LogP) is 16.3. The second-order valence-corrected chi connectivity index (χ2v) is 22.2. The third kappa shape index (κ3) is 43.1. The first kappa shape index (κ1) is 69.4. The normalized spacial score (nSPS) is 19.2. The molecule has 6 N–H and O–H groups in total. The molecule has 1 saturated heterocycles. The van der Waals surface area contributed by atoms with Crippen molar-refractivity contribution in [2.45, 2.75) is 352 Å². The summed E-state index contributed by atoms with van der Waals surface area (Å²) < 4.78 is 11.3. The summed E-state index contributed by atoms with van der Waals surface area (Å²) in [7, 11) is 0. The van der Waals surface area contributed by atoms with Gasteiger partial charge in [-0.2, -0.15) is 0 Å². The first-order valence-electron chi connectivity index (χ1n) is 31.7. The molecule has 1 aliphatic rings. The van der Waals surface area contributed by atoms with Gasteiger partial charge in [0.25, 0.3) is 0 Å². The van der Waals surface area contributed by atoms with Crippen LogP contribution in [0.2, 0.25) is 0 Å². The Kier molecular flexibility index (Phi) is 51.2. The van der Waals surface area contributed by atoms with E-state index in [1.54, 1.807) is 6.08 Å². The molecule has 1 aliphatic heterocycles. The molecular formula is C64H121NO8. The summed E-state index contributed by atoms with van der Waals surface area (Å²) in [6, 6.07) is -0.823. The number of aliphatic hydroxyl groups is 5. The lowest BCUT2D eigenvalue weighted by Gasteiger charge is -2.40. The Hall–Kier alpha value is -1.59. The average molecular weight is 1030 g/mol. The highest BCUT2D eigenvalue weighted by atomic mass is 16.7. The molecule has 1 amide bonds. The largest absolute Gasteiger partial charge is 0.394 e. The van der Waals surface area contributed by atoms with Crippen molar-refractivity contribution in [1.29, 1.82) is 0 Å². The molecule has 0 aliphatic carbocycles. The molecule has 0 aromatic heterocycles. The molecule has 0 bridgehead atoms. The minimum Gasteiger partial charge on any atom is -0.394 e. The number of rotatable bonds is 55. The molecule has 1 rings (SSSR count). The zero-order valence-corrected chi connectivity index (χ0v) is 47.9. The number of allylic oxidation sites excluding steroid dienone is 5. The molecule has 1 heterocycles. The molecule has 1 fully saturated rings. The number of ether oxygens (including phenoxy) is 2. The Bertz CT molecular complexity index is 1240. The molecule has 0 aromatic rings. The molecular weight excluding hydrogens is 911 g/mol. The Morgan fingerprint density at radius 2 is 0.781 bits per heavy atom. The number of carbonyl (C=O) groups is 1. The highest BCUT2D eigenvalue weighted by Crippen LogP contribution is 2.23. The molecule has 430 valence electrons. The lowest BCUT2D eigenvalue weighted by molar-refractivity contribution is -0.302. The third-order valence-corrected chi connectivity index (χ3v) is 15.2. The second kappa shape index (κ2) is 53.8. The fourth-order valence-electron chi connectivity index (χ4n) is 10.2. The smallest absolute Gasteiger partial charge is 0.220 e. The van der Waals surface area contributed by atoms with Crippen LogP contribution in [0, 0.1) is 0 Å². The van der Waals surface area contributed by atoms with Gasteiger partial charge in [0.05, 0.1) is 25.4 Å². The first-order valence-corrected chi connectivity index (χ1v) is 31.7. The molecule has 9 heteroatoms. The van der Waals surface area contributed by atoms with Crippen LogP contribution in [0.3, 0.4) is 0 Å². The lowest BCUT2D eigenvalue weighted by Crippen LogP contribution is -2.60. The van der Waals surface area contributed by atoms with Gasteiger partial charge in [0.15, 0.2) is 6.29 Å². The quantitative estimate of drug-likeness (QED) is 0.0261. The van der Waals surface area contributed by atoms with Crippen LogP contribution in [0.15, 0.2) is 36.5 Å². The first-order chi connectivity index (χ1) is 35.8. The van der Waals surface area contributed by atoms with Gasteiger partial charge in [-0.3, -0.25) is 4.79 Å². The van der Waals surface area contributed by atoms with Crippen molar-refractivity contribution < 1.29 is 39.8 Å². The summed E-state index contributed by atoms with van der Waals surface area (Å²) in [4.78, 5) is 13.1. The van der Waals surface area contributed by atoms with Crippen molar-refractivity contribution in [1.82, 2.24) is 5.32 Å². The van der Waals surface area contributed by atoms with Gasteiger partial charge < -0.3 is 40.3 Å². The predicted molar refractivity (Wildman–Crippen MR) is 309 cm³/mol. The number of hydrogen-bond acceptors (Lipinski definition) is 8. The van der Waals surface area contributed by atoms with E-state index < -0.39 is 49.5 Å². The summed E-state index contributed by atoms with van der Waals surface area (Å²) >= 11 is 0. The SMILES string of the molecule is CCCCCCCCCCCCCC/C=C\CCCCCCCCCCCCC(=O)NC(COC1OC(CO)C(O)C(O)C1O)C(O)/C=C/CC/C=C/CCCCCCCCCCCCCCCCCCCC. The van der Waals surface area contributed by atoms with Crippen LogP contribution >= 0.6 is 0 Å². The highest BCUT2D eigenvalue weighted by Gasteiger charge is 2.44. The van der Waals surface area contributed by atoms with Gasteiger partial charge in [0.1, 0.15) is 24.4 Å². The molecule has 0 radical (unpaired) electrons. The summed E-state index contributed by atoms with van der Waals surface area (Å²) in [6.07, 6.45) is 63.7. The van der Waals surface area contributed by atoms with E-state index in [1.807, 2.05) is 6.08 Å².